The largest absolute Gasteiger partial charge is 0.397 e. The Bertz CT molecular complexity index is 503. The van der Waals surface area contributed by atoms with E-state index in [4.69, 9.17) is 5.73 Å². The number of hydrogen-bond acceptors (Lipinski definition) is 4. The summed E-state index contributed by atoms with van der Waals surface area (Å²) in [7, 11) is 4.15. The Morgan fingerprint density at radius 2 is 2.29 bits per heavy atom. The molecule has 1 fully saturated rings. The summed E-state index contributed by atoms with van der Waals surface area (Å²) in [5.41, 5.74) is 8.33. The van der Waals surface area contributed by atoms with Crippen LogP contribution in [-0.4, -0.2) is 55.5 Å². The topological polar surface area (TPSA) is 61.6 Å². The van der Waals surface area contributed by atoms with Gasteiger partial charge in [-0.15, -0.1) is 0 Å². The van der Waals surface area contributed by atoms with Crippen molar-refractivity contribution in [2.75, 3.05) is 44.8 Å². The summed E-state index contributed by atoms with van der Waals surface area (Å²) in [5, 5.41) is 2.90. The number of nitrogens with two attached hydrogens (primary N) is 1. The van der Waals surface area contributed by atoms with E-state index in [1.54, 1.807) is 0 Å². The molecule has 0 saturated carbocycles. The van der Waals surface area contributed by atoms with Crippen molar-refractivity contribution in [2.24, 2.45) is 0 Å². The molecular formula is C16H26N4O. The van der Waals surface area contributed by atoms with Crippen LogP contribution in [-0.2, 0) is 4.79 Å². The van der Waals surface area contributed by atoms with Crippen LogP contribution >= 0.6 is 0 Å². The van der Waals surface area contributed by atoms with Crippen LogP contribution in [0.4, 0.5) is 11.4 Å². The highest BCUT2D eigenvalue weighted by molar-refractivity contribution is 5.95. The number of piperidine rings is 1. The maximum atomic E-state index is 12.2. The van der Waals surface area contributed by atoms with Gasteiger partial charge in [-0.1, -0.05) is 6.07 Å². The first-order valence-electron chi connectivity index (χ1n) is 7.50. The molecule has 0 bridgehead atoms. The molecule has 5 nitrogen and oxygen atoms in total. The number of carbonyl (C=O) groups excluding carboxylic acids is 1. The fraction of sp³-hybridized carbons (Fsp3) is 0.562. The van der Waals surface area contributed by atoms with Gasteiger partial charge < -0.3 is 16.0 Å². The number of benzene rings is 1. The van der Waals surface area contributed by atoms with E-state index in [0.29, 0.717) is 24.0 Å². The van der Waals surface area contributed by atoms with Crippen molar-refractivity contribution >= 4 is 17.3 Å². The third-order valence-corrected chi connectivity index (χ3v) is 4.10. The van der Waals surface area contributed by atoms with Gasteiger partial charge >= 0.3 is 0 Å². The number of hydrogen-bond donors (Lipinski definition) is 2. The van der Waals surface area contributed by atoms with Gasteiger partial charge in [-0.2, -0.15) is 0 Å². The van der Waals surface area contributed by atoms with Crippen LogP contribution in [0.5, 0.6) is 0 Å². The van der Waals surface area contributed by atoms with E-state index in [1.807, 2.05) is 32.2 Å². The smallest absolute Gasteiger partial charge is 0.238 e. The predicted molar refractivity (Wildman–Crippen MR) is 87.4 cm³/mol. The van der Waals surface area contributed by atoms with Crippen LogP contribution < -0.4 is 11.1 Å². The molecule has 1 atom stereocenters. The lowest BCUT2D eigenvalue weighted by Gasteiger charge is -2.35. The number of carbonyl (C=O) groups is 1. The number of anilines is 2. The molecule has 2 rings (SSSR count). The molecule has 5 heteroatoms. The molecule has 1 aromatic carbocycles. The Balaban J connectivity index is 1.89. The van der Waals surface area contributed by atoms with E-state index in [2.05, 4.69) is 22.2 Å². The molecule has 0 aromatic heterocycles. The lowest BCUT2D eigenvalue weighted by atomic mass is 10.1. The Labute approximate surface area is 127 Å². The summed E-state index contributed by atoms with van der Waals surface area (Å²) in [6, 6.07) is 6.13. The Morgan fingerprint density at radius 1 is 1.52 bits per heavy atom. The van der Waals surface area contributed by atoms with Crippen molar-refractivity contribution in [2.45, 2.75) is 25.8 Å². The second kappa shape index (κ2) is 6.91. The van der Waals surface area contributed by atoms with E-state index in [0.717, 1.165) is 25.1 Å². The molecule has 3 N–H and O–H groups in total. The average Bonchev–Trinajstić information content (AvgIpc) is 2.42. The number of nitrogens with one attached hydrogen (secondary N) is 1. The first-order chi connectivity index (χ1) is 9.95. The SMILES string of the molecule is Cc1ccc(NC(=O)CN(C)C2CCCN(C)C2)c(N)c1. The minimum Gasteiger partial charge on any atom is -0.397 e. The Kier molecular flexibility index (Phi) is 5.20. The summed E-state index contributed by atoms with van der Waals surface area (Å²) in [6.45, 7) is 4.55. The minimum atomic E-state index is -0.0127. The van der Waals surface area contributed by atoms with Gasteiger partial charge in [0.1, 0.15) is 0 Å². The zero-order valence-corrected chi connectivity index (χ0v) is 13.2. The number of likely N-dealkylation sites (N-methyl/N-ethyl adjacent to an activating group) is 2. The summed E-state index contributed by atoms with van der Waals surface area (Å²) < 4.78 is 0. The van der Waals surface area contributed by atoms with Crippen LogP contribution in [0, 0.1) is 6.92 Å². The van der Waals surface area contributed by atoms with Gasteiger partial charge in [-0.25, -0.2) is 0 Å². The number of aryl methyl sites for hydroxylation is 1. The predicted octanol–water partition coefficient (Wildman–Crippen LogP) is 1.54. The molecular weight excluding hydrogens is 264 g/mol. The molecule has 0 radical (unpaired) electrons. The first-order valence-corrected chi connectivity index (χ1v) is 7.50. The van der Waals surface area contributed by atoms with Gasteiger partial charge in [0, 0.05) is 12.6 Å². The van der Waals surface area contributed by atoms with Crippen molar-refractivity contribution in [3.05, 3.63) is 23.8 Å². The second-order valence-corrected chi connectivity index (χ2v) is 6.11. The number of nitrogens with zero attached hydrogens (tertiary/aromatic N) is 2. The van der Waals surface area contributed by atoms with E-state index in [-0.39, 0.29) is 5.91 Å². The average molecular weight is 290 g/mol. The number of nitrogen functional groups attached to an aromatic ring is 1. The van der Waals surface area contributed by atoms with Crippen LogP contribution in [0.15, 0.2) is 18.2 Å². The maximum absolute atomic E-state index is 12.2. The molecule has 1 unspecified atom stereocenters. The number of rotatable bonds is 4. The van der Waals surface area contributed by atoms with Gasteiger partial charge in [0.05, 0.1) is 17.9 Å². The van der Waals surface area contributed by atoms with E-state index in [9.17, 15) is 4.79 Å². The van der Waals surface area contributed by atoms with Gasteiger partial charge in [-0.05, 0) is 58.1 Å². The summed E-state index contributed by atoms with van der Waals surface area (Å²) in [4.78, 5) is 16.6. The zero-order chi connectivity index (χ0) is 15.4. The maximum Gasteiger partial charge on any atom is 0.238 e. The lowest BCUT2D eigenvalue weighted by Crippen LogP contribution is -2.47. The van der Waals surface area contributed by atoms with Crippen LogP contribution in [0.1, 0.15) is 18.4 Å². The molecule has 21 heavy (non-hydrogen) atoms. The number of amides is 1. The van der Waals surface area contributed by atoms with Gasteiger partial charge in [0.2, 0.25) is 5.91 Å². The van der Waals surface area contributed by atoms with Crippen molar-refractivity contribution < 1.29 is 4.79 Å². The fourth-order valence-corrected chi connectivity index (χ4v) is 2.84. The van der Waals surface area contributed by atoms with E-state index in [1.165, 1.54) is 6.42 Å². The normalized spacial score (nSPS) is 19.7. The number of likely N-dealkylation sites (tertiary alicyclic amines) is 1. The van der Waals surface area contributed by atoms with Crippen LogP contribution in [0.3, 0.4) is 0 Å². The second-order valence-electron chi connectivity index (χ2n) is 6.11. The molecule has 0 spiro atoms. The minimum absolute atomic E-state index is 0.0127. The van der Waals surface area contributed by atoms with E-state index < -0.39 is 0 Å². The standard InChI is InChI=1S/C16H26N4O/c1-12-6-7-15(14(17)9-12)18-16(21)11-20(3)13-5-4-8-19(2)10-13/h6-7,9,13H,4-5,8,10-11,17H2,1-3H3,(H,18,21). The third-order valence-electron chi connectivity index (χ3n) is 4.10. The summed E-state index contributed by atoms with van der Waals surface area (Å²) in [6.07, 6.45) is 2.35. The van der Waals surface area contributed by atoms with Crippen LogP contribution in [0.2, 0.25) is 0 Å². The summed E-state index contributed by atoms with van der Waals surface area (Å²) in [5.74, 6) is -0.0127. The van der Waals surface area contributed by atoms with Crippen LogP contribution in [0.25, 0.3) is 0 Å². The van der Waals surface area contributed by atoms with Crippen molar-refractivity contribution in [3.63, 3.8) is 0 Å². The molecule has 1 aliphatic heterocycles. The van der Waals surface area contributed by atoms with Crippen molar-refractivity contribution in [1.29, 1.82) is 0 Å². The Hall–Kier alpha value is -1.59. The molecule has 1 heterocycles. The van der Waals surface area contributed by atoms with Crippen molar-refractivity contribution in [3.8, 4) is 0 Å². The van der Waals surface area contributed by atoms with E-state index >= 15 is 0 Å². The zero-order valence-electron chi connectivity index (χ0n) is 13.2. The fourth-order valence-electron chi connectivity index (χ4n) is 2.84. The van der Waals surface area contributed by atoms with Crippen molar-refractivity contribution in [1.82, 2.24) is 9.80 Å². The highest BCUT2D eigenvalue weighted by Crippen LogP contribution is 2.19. The monoisotopic (exact) mass is 290 g/mol. The molecule has 0 aliphatic carbocycles. The van der Waals surface area contributed by atoms with Gasteiger partial charge in [0.15, 0.2) is 0 Å². The quantitative estimate of drug-likeness (QED) is 0.826. The first kappa shape index (κ1) is 15.8. The highest BCUT2D eigenvalue weighted by Gasteiger charge is 2.22. The molecule has 116 valence electrons. The molecule has 1 aromatic rings. The molecule has 1 saturated heterocycles. The molecule has 1 amide bonds. The third kappa shape index (κ3) is 4.44. The highest BCUT2D eigenvalue weighted by atomic mass is 16.2. The summed E-state index contributed by atoms with van der Waals surface area (Å²) >= 11 is 0. The van der Waals surface area contributed by atoms with Gasteiger partial charge in [-0.3, -0.25) is 9.69 Å². The Morgan fingerprint density at radius 3 is 2.95 bits per heavy atom. The molecule has 1 aliphatic rings. The lowest BCUT2D eigenvalue weighted by molar-refractivity contribution is -0.117. The van der Waals surface area contributed by atoms with Gasteiger partial charge in [0.25, 0.3) is 0 Å².